The first-order chi connectivity index (χ1) is 22.5. The van der Waals surface area contributed by atoms with Gasteiger partial charge in [0.1, 0.15) is 0 Å². The van der Waals surface area contributed by atoms with E-state index in [2.05, 4.69) is 128 Å². The minimum atomic E-state index is -0.0386. The summed E-state index contributed by atoms with van der Waals surface area (Å²) in [6, 6.07) is 42.6. The fourth-order valence-electron chi connectivity index (χ4n) is 8.57. The third-order valence-corrected chi connectivity index (χ3v) is 11.4. The molecule has 232 valence electrons. The van der Waals surface area contributed by atoms with Crippen molar-refractivity contribution >= 4 is 17.1 Å². The standard InChI is InChI=1S/C45H47N/c1-45(2)42-13-9-8-12-40(42)41-29-28-39(31-43(41)45)46(38-26-24-36(25-27-38)35-10-6-4-3-5-7-11-35)44-30-34-19-18-32-14-16-33(17-15-32)20-22-37(44)23-21-34/h8-9,12-17,21,23-31,35H,3-7,10-11,18-20,22H2,1-2H3. The lowest BCUT2D eigenvalue weighted by Gasteiger charge is -2.31. The summed E-state index contributed by atoms with van der Waals surface area (Å²) in [5.74, 6) is 0.692. The molecule has 0 amide bonds. The zero-order valence-corrected chi connectivity index (χ0v) is 27.7. The predicted octanol–water partition coefficient (Wildman–Crippen LogP) is 12.2. The Kier molecular flexibility index (Phi) is 7.81. The molecule has 0 radical (unpaired) electrons. The first-order valence-corrected chi connectivity index (χ1v) is 17.9. The van der Waals surface area contributed by atoms with Crippen LogP contribution in [-0.2, 0) is 31.1 Å². The van der Waals surface area contributed by atoms with E-state index in [1.807, 2.05) is 0 Å². The Balaban J connectivity index is 1.24. The van der Waals surface area contributed by atoms with Crippen molar-refractivity contribution in [2.75, 3.05) is 4.90 Å². The summed E-state index contributed by atoms with van der Waals surface area (Å²) >= 11 is 0. The number of anilines is 3. The van der Waals surface area contributed by atoms with E-state index in [0.717, 1.165) is 25.7 Å². The molecule has 46 heavy (non-hydrogen) atoms. The summed E-state index contributed by atoms with van der Waals surface area (Å²) in [4.78, 5) is 2.58. The van der Waals surface area contributed by atoms with Gasteiger partial charge in [0.25, 0.3) is 0 Å². The van der Waals surface area contributed by atoms with Gasteiger partial charge in [-0.05, 0) is 125 Å². The third-order valence-electron chi connectivity index (χ3n) is 11.4. The van der Waals surface area contributed by atoms with Crippen LogP contribution in [0.1, 0.15) is 104 Å². The van der Waals surface area contributed by atoms with Gasteiger partial charge in [-0.15, -0.1) is 0 Å². The van der Waals surface area contributed by atoms with Gasteiger partial charge in [0.2, 0.25) is 0 Å². The lowest BCUT2D eigenvalue weighted by Crippen LogP contribution is -2.17. The van der Waals surface area contributed by atoms with E-state index in [1.54, 1.807) is 0 Å². The van der Waals surface area contributed by atoms with Gasteiger partial charge >= 0.3 is 0 Å². The van der Waals surface area contributed by atoms with Crippen LogP contribution in [0.5, 0.6) is 0 Å². The van der Waals surface area contributed by atoms with Gasteiger partial charge in [-0.2, -0.15) is 0 Å². The molecular weight excluding hydrogens is 555 g/mol. The molecule has 1 saturated carbocycles. The Labute approximate surface area is 276 Å². The van der Waals surface area contributed by atoms with Crippen molar-refractivity contribution in [1.82, 2.24) is 0 Å². The molecule has 0 aliphatic heterocycles. The molecule has 0 saturated heterocycles. The molecule has 4 bridgehead atoms. The molecule has 6 aliphatic carbocycles. The van der Waals surface area contributed by atoms with Crippen LogP contribution in [0.4, 0.5) is 17.1 Å². The molecule has 0 spiro atoms. The molecule has 6 aliphatic rings. The molecule has 0 N–H and O–H groups in total. The molecule has 11 rings (SSSR count). The fraction of sp³-hybridized carbons (Fsp3) is 0.333. The summed E-state index contributed by atoms with van der Waals surface area (Å²) in [7, 11) is 0. The second kappa shape index (κ2) is 12.3. The molecule has 5 aromatic rings. The zero-order valence-electron chi connectivity index (χ0n) is 27.7. The van der Waals surface area contributed by atoms with Gasteiger partial charge in [0, 0.05) is 22.5 Å². The zero-order chi connectivity index (χ0) is 31.1. The maximum absolute atomic E-state index is 2.58. The monoisotopic (exact) mass is 601 g/mol. The van der Waals surface area contributed by atoms with E-state index in [0.29, 0.717) is 5.92 Å². The van der Waals surface area contributed by atoms with Crippen LogP contribution >= 0.6 is 0 Å². The Bertz CT molecular complexity index is 1830. The fourth-order valence-corrected chi connectivity index (χ4v) is 8.57. The van der Waals surface area contributed by atoms with Crippen molar-refractivity contribution in [1.29, 1.82) is 0 Å². The summed E-state index contributed by atoms with van der Waals surface area (Å²) in [5.41, 5.74) is 16.6. The number of aryl methyl sites for hydroxylation is 4. The number of hydrogen-bond donors (Lipinski definition) is 0. The minimum Gasteiger partial charge on any atom is -0.310 e. The normalized spacial score (nSPS) is 17.3. The highest BCUT2D eigenvalue weighted by Crippen LogP contribution is 2.51. The SMILES string of the molecule is CC1(C)c2ccccc2-c2ccc(N(c3ccc(C4CCCCCCC4)cc3)c3cc4ccc3CCc3ccc(cc3)CC4)cc21. The second-order valence-corrected chi connectivity index (χ2v) is 14.6. The highest BCUT2D eigenvalue weighted by molar-refractivity contribution is 5.86. The van der Waals surface area contributed by atoms with E-state index in [4.69, 9.17) is 0 Å². The first kappa shape index (κ1) is 29.3. The van der Waals surface area contributed by atoms with Gasteiger partial charge in [-0.25, -0.2) is 0 Å². The Morgan fingerprint density at radius 2 is 1.13 bits per heavy atom. The molecule has 0 atom stereocenters. The highest BCUT2D eigenvalue weighted by Gasteiger charge is 2.36. The third kappa shape index (κ3) is 5.49. The Hall–Kier alpha value is -4.10. The van der Waals surface area contributed by atoms with Crippen LogP contribution in [0.15, 0.2) is 109 Å². The summed E-state index contributed by atoms with van der Waals surface area (Å²) < 4.78 is 0. The molecular formula is C45H47N. The van der Waals surface area contributed by atoms with Crippen LogP contribution in [-0.4, -0.2) is 0 Å². The van der Waals surface area contributed by atoms with E-state index in [1.165, 1.54) is 112 Å². The van der Waals surface area contributed by atoms with Crippen LogP contribution in [0, 0.1) is 0 Å². The molecule has 1 heteroatoms. The average molecular weight is 602 g/mol. The average Bonchev–Trinajstić information content (AvgIpc) is 3.29. The number of rotatable bonds is 4. The minimum absolute atomic E-state index is 0.0386. The van der Waals surface area contributed by atoms with Gasteiger partial charge in [-0.1, -0.05) is 125 Å². The molecule has 1 nitrogen and oxygen atoms in total. The van der Waals surface area contributed by atoms with Gasteiger partial charge < -0.3 is 4.90 Å². The Morgan fingerprint density at radius 3 is 1.89 bits per heavy atom. The smallest absolute Gasteiger partial charge is 0.0496 e. The van der Waals surface area contributed by atoms with Crippen LogP contribution in [0.25, 0.3) is 11.1 Å². The van der Waals surface area contributed by atoms with Crippen LogP contribution < -0.4 is 4.90 Å². The molecule has 1 fully saturated rings. The van der Waals surface area contributed by atoms with Gasteiger partial charge in [-0.3, -0.25) is 0 Å². The number of hydrogen-bond acceptors (Lipinski definition) is 1. The first-order valence-electron chi connectivity index (χ1n) is 17.9. The number of benzene rings is 5. The predicted molar refractivity (Wildman–Crippen MR) is 195 cm³/mol. The topological polar surface area (TPSA) is 3.24 Å². The molecule has 0 unspecified atom stereocenters. The lowest BCUT2D eigenvalue weighted by molar-refractivity contribution is 0.455. The van der Waals surface area contributed by atoms with Crippen molar-refractivity contribution in [3.05, 3.63) is 148 Å². The van der Waals surface area contributed by atoms with E-state index < -0.39 is 0 Å². The quantitative estimate of drug-likeness (QED) is 0.198. The number of fused-ring (bicyclic) bond motifs is 3. The van der Waals surface area contributed by atoms with Crippen molar-refractivity contribution < 1.29 is 0 Å². The summed E-state index contributed by atoms with van der Waals surface area (Å²) in [5, 5.41) is 0. The largest absolute Gasteiger partial charge is 0.310 e. The van der Waals surface area contributed by atoms with Crippen molar-refractivity contribution in [3.8, 4) is 11.1 Å². The molecule has 0 aromatic heterocycles. The van der Waals surface area contributed by atoms with Crippen molar-refractivity contribution in [2.45, 2.75) is 95.8 Å². The molecule has 5 aromatic carbocycles. The highest BCUT2D eigenvalue weighted by atomic mass is 15.1. The van der Waals surface area contributed by atoms with Crippen molar-refractivity contribution in [3.63, 3.8) is 0 Å². The summed E-state index contributed by atoms with van der Waals surface area (Å²) in [6.07, 6.45) is 13.8. The van der Waals surface area contributed by atoms with Crippen LogP contribution in [0.2, 0.25) is 0 Å². The van der Waals surface area contributed by atoms with E-state index in [-0.39, 0.29) is 5.41 Å². The van der Waals surface area contributed by atoms with Gasteiger partial charge in [0.15, 0.2) is 0 Å². The lowest BCUT2D eigenvalue weighted by atomic mass is 9.82. The van der Waals surface area contributed by atoms with Gasteiger partial charge in [0.05, 0.1) is 0 Å². The summed E-state index contributed by atoms with van der Waals surface area (Å²) in [6.45, 7) is 4.79. The second-order valence-electron chi connectivity index (χ2n) is 14.6. The van der Waals surface area contributed by atoms with E-state index >= 15 is 0 Å². The maximum Gasteiger partial charge on any atom is 0.0496 e. The maximum atomic E-state index is 2.58. The van der Waals surface area contributed by atoms with Crippen LogP contribution in [0.3, 0.4) is 0 Å². The van der Waals surface area contributed by atoms with E-state index in [9.17, 15) is 0 Å². The Morgan fingerprint density at radius 1 is 0.522 bits per heavy atom. The molecule has 0 heterocycles. The van der Waals surface area contributed by atoms with Crippen molar-refractivity contribution in [2.24, 2.45) is 0 Å². The number of nitrogens with zero attached hydrogens (tertiary/aromatic N) is 1.